The Morgan fingerprint density at radius 2 is 1.77 bits per heavy atom. The first kappa shape index (κ1) is 24.4. The third-order valence-electron chi connectivity index (χ3n) is 6.34. The molecule has 1 fully saturated rings. The van der Waals surface area contributed by atoms with Crippen LogP contribution >= 0.6 is 11.8 Å². The van der Waals surface area contributed by atoms with E-state index in [0.717, 1.165) is 27.7 Å². The molecule has 1 amide bonds. The van der Waals surface area contributed by atoms with E-state index in [1.807, 2.05) is 83.6 Å². The topological polar surface area (TPSA) is 93.9 Å². The van der Waals surface area contributed by atoms with Crippen LogP contribution in [-0.4, -0.2) is 25.5 Å². The Balaban J connectivity index is 1.37. The van der Waals surface area contributed by atoms with Crippen molar-refractivity contribution in [2.45, 2.75) is 13.1 Å². The molecule has 6 rings (SSSR count). The molecule has 9 heteroatoms. The number of hydrogen-bond donors (Lipinski definition) is 0. The second-order valence-corrected chi connectivity index (χ2v) is 9.98. The van der Waals surface area contributed by atoms with Gasteiger partial charge in [0.15, 0.2) is 5.17 Å². The lowest BCUT2D eigenvalue weighted by Crippen LogP contribution is -2.28. The molecule has 0 unspecified atom stereocenters. The fourth-order valence-electron chi connectivity index (χ4n) is 4.53. The van der Waals surface area contributed by atoms with Crippen LogP contribution in [0, 0.1) is 10.1 Å². The van der Waals surface area contributed by atoms with Gasteiger partial charge in [0, 0.05) is 41.3 Å². The molecular weight excluding hydrogens is 512 g/mol. The number of nitrogens with zero attached hydrogens (tertiary/aromatic N) is 4. The molecule has 3 heterocycles. The number of furan rings is 1. The van der Waals surface area contributed by atoms with Crippen LogP contribution in [0.4, 0.5) is 11.4 Å². The zero-order valence-corrected chi connectivity index (χ0v) is 21.5. The molecule has 39 heavy (non-hydrogen) atoms. The van der Waals surface area contributed by atoms with E-state index < -0.39 is 0 Å². The van der Waals surface area contributed by atoms with Crippen molar-refractivity contribution < 1.29 is 14.1 Å². The van der Waals surface area contributed by atoms with Gasteiger partial charge in [0.1, 0.15) is 5.76 Å². The standard InChI is InChI=1S/C30H22N4O4S/c35-29-28(39-30(31-23-9-2-1-3-10-23)33(29)20-25-12-7-15-38-25)17-22-19-32(27-14-5-4-13-26(22)27)18-21-8-6-11-24(16-21)34(36)37/h1-17,19H,18,20H2/b28-17-,31-30?. The Morgan fingerprint density at radius 1 is 0.949 bits per heavy atom. The Hall–Kier alpha value is -4.89. The van der Waals surface area contributed by atoms with Gasteiger partial charge in [0.25, 0.3) is 11.6 Å². The average molecular weight is 535 g/mol. The molecule has 2 aromatic heterocycles. The van der Waals surface area contributed by atoms with E-state index in [-0.39, 0.29) is 23.1 Å². The number of carbonyl (C=O) groups excluding carboxylic acids is 1. The first-order valence-electron chi connectivity index (χ1n) is 12.2. The lowest BCUT2D eigenvalue weighted by Gasteiger charge is -2.13. The van der Waals surface area contributed by atoms with Gasteiger partial charge >= 0.3 is 0 Å². The Labute approximate surface area is 228 Å². The van der Waals surface area contributed by atoms with E-state index in [1.54, 1.807) is 29.4 Å². The number of benzene rings is 3. The van der Waals surface area contributed by atoms with E-state index in [4.69, 9.17) is 9.41 Å². The summed E-state index contributed by atoms with van der Waals surface area (Å²) in [5.41, 5.74) is 3.48. The van der Waals surface area contributed by atoms with Crippen LogP contribution in [0.15, 0.2) is 118 Å². The molecule has 192 valence electrons. The van der Waals surface area contributed by atoms with Gasteiger partial charge in [-0.15, -0.1) is 0 Å². The van der Waals surface area contributed by atoms with Gasteiger partial charge in [0.2, 0.25) is 0 Å². The lowest BCUT2D eigenvalue weighted by atomic mass is 10.1. The number of hydrogen-bond acceptors (Lipinski definition) is 6. The summed E-state index contributed by atoms with van der Waals surface area (Å²) in [5.74, 6) is 0.515. The van der Waals surface area contributed by atoms with E-state index in [0.29, 0.717) is 22.4 Å². The number of para-hydroxylation sites is 2. The van der Waals surface area contributed by atoms with Crippen molar-refractivity contribution in [2.75, 3.05) is 0 Å². The number of thioether (sulfide) groups is 1. The summed E-state index contributed by atoms with van der Waals surface area (Å²) in [6.07, 6.45) is 5.46. The molecule has 0 spiro atoms. The highest BCUT2D eigenvalue weighted by molar-refractivity contribution is 8.18. The largest absolute Gasteiger partial charge is 0.467 e. The maximum atomic E-state index is 13.6. The minimum Gasteiger partial charge on any atom is -0.467 e. The molecular formula is C30H22N4O4S. The van der Waals surface area contributed by atoms with Crippen molar-refractivity contribution in [2.24, 2.45) is 4.99 Å². The minimum absolute atomic E-state index is 0.0566. The van der Waals surface area contributed by atoms with Gasteiger partial charge in [-0.05, 0) is 53.7 Å². The predicted octanol–water partition coefficient (Wildman–Crippen LogP) is 7.00. The number of amides is 1. The number of non-ortho nitro benzene ring substituents is 1. The SMILES string of the molecule is O=C1/C(=C/c2cn(Cc3cccc([N+](=O)[O-])c3)c3ccccc23)SC(=Nc2ccccc2)N1Cc1ccco1. The Kier molecular flexibility index (Phi) is 6.56. The Bertz CT molecular complexity index is 1740. The zero-order valence-electron chi connectivity index (χ0n) is 20.6. The van der Waals surface area contributed by atoms with Crippen LogP contribution in [0.1, 0.15) is 16.9 Å². The summed E-state index contributed by atoms with van der Waals surface area (Å²) in [6.45, 7) is 0.730. The summed E-state index contributed by atoms with van der Waals surface area (Å²) >= 11 is 1.33. The van der Waals surface area contributed by atoms with Gasteiger partial charge in [-0.2, -0.15) is 0 Å². The summed E-state index contributed by atoms with van der Waals surface area (Å²) in [5, 5.41) is 12.8. The fourth-order valence-corrected chi connectivity index (χ4v) is 5.52. The summed E-state index contributed by atoms with van der Waals surface area (Å²) in [6, 6.07) is 27.7. The van der Waals surface area contributed by atoms with Crippen molar-refractivity contribution in [1.82, 2.24) is 9.47 Å². The first-order valence-corrected chi connectivity index (χ1v) is 13.1. The average Bonchev–Trinajstić information content (AvgIpc) is 3.66. The number of amidine groups is 1. The van der Waals surface area contributed by atoms with Gasteiger partial charge in [-0.1, -0.05) is 48.5 Å². The van der Waals surface area contributed by atoms with E-state index >= 15 is 0 Å². The fraction of sp³-hybridized carbons (Fsp3) is 0.0667. The molecule has 0 bridgehead atoms. The number of aliphatic imine (C=N–C) groups is 1. The van der Waals surface area contributed by atoms with Crippen molar-refractivity contribution in [3.05, 3.63) is 135 Å². The number of nitro groups is 1. The molecule has 0 N–H and O–H groups in total. The van der Waals surface area contributed by atoms with E-state index in [9.17, 15) is 14.9 Å². The third-order valence-corrected chi connectivity index (χ3v) is 7.35. The smallest absolute Gasteiger partial charge is 0.269 e. The second kappa shape index (κ2) is 10.5. The highest BCUT2D eigenvalue weighted by Gasteiger charge is 2.34. The highest BCUT2D eigenvalue weighted by atomic mass is 32.2. The van der Waals surface area contributed by atoms with Gasteiger partial charge in [0.05, 0.1) is 28.3 Å². The highest BCUT2D eigenvalue weighted by Crippen LogP contribution is 2.36. The summed E-state index contributed by atoms with van der Waals surface area (Å²) < 4.78 is 7.56. The van der Waals surface area contributed by atoms with Crippen LogP contribution in [0.25, 0.3) is 17.0 Å². The van der Waals surface area contributed by atoms with Crippen molar-refractivity contribution in [1.29, 1.82) is 0 Å². The molecule has 1 aliphatic heterocycles. The molecule has 1 aliphatic rings. The van der Waals surface area contributed by atoms with Gasteiger partial charge in [-0.3, -0.25) is 19.8 Å². The maximum absolute atomic E-state index is 13.6. The number of fused-ring (bicyclic) bond motifs is 1. The normalized spacial score (nSPS) is 15.6. The number of rotatable bonds is 7. The first-order chi connectivity index (χ1) is 19.0. The molecule has 1 saturated heterocycles. The molecule has 3 aromatic carbocycles. The molecule has 0 atom stereocenters. The van der Waals surface area contributed by atoms with Crippen LogP contribution in [0.3, 0.4) is 0 Å². The van der Waals surface area contributed by atoms with E-state index in [1.165, 1.54) is 17.8 Å². The van der Waals surface area contributed by atoms with Crippen LogP contribution in [-0.2, 0) is 17.9 Å². The van der Waals surface area contributed by atoms with Crippen molar-refractivity contribution >= 4 is 51.2 Å². The monoisotopic (exact) mass is 534 g/mol. The summed E-state index contributed by atoms with van der Waals surface area (Å²) in [7, 11) is 0. The molecule has 8 nitrogen and oxygen atoms in total. The molecule has 0 aliphatic carbocycles. The number of carbonyl (C=O) groups is 1. The lowest BCUT2D eigenvalue weighted by molar-refractivity contribution is -0.384. The quantitative estimate of drug-likeness (QED) is 0.127. The van der Waals surface area contributed by atoms with Crippen LogP contribution in [0.5, 0.6) is 0 Å². The van der Waals surface area contributed by atoms with Crippen LogP contribution < -0.4 is 0 Å². The minimum atomic E-state index is -0.390. The van der Waals surface area contributed by atoms with Crippen LogP contribution in [0.2, 0.25) is 0 Å². The molecule has 5 aromatic rings. The Morgan fingerprint density at radius 3 is 2.56 bits per heavy atom. The number of aromatic nitrogens is 1. The van der Waals surface area contributed by atoms with Crippen molar-refractivity contribution in [3.8, 4) is 0 Å². The van der Waals surface area contributed by atoms with Crippen molar-refractivity contribution in [3.63, 3.8) is 0 Å². The predicted molar refractivity (Wildman–Crippen MR) is 152 cm³/mol. The van der Waals surface area contributed by atoms with Gasteiger partial charge < -0.3 is 8.98 Å². The molecule has 0 radical (unpaired) electrons. The number of nitro benzene ring substituents is 1. The van der Waals surface area contributed by atoms with E-state index in [2.05, 4.69) is 0 Å². The maximum Gasteiger partial charge on any atom is 0.269 e. The zero-order chi connectivity index (χ0) is 26.8. The molecule has 0 saturated carbocycles. The second-order valence-electron chi connectivity index (χ2n) is 8.97. The third kappa shape index (κ3) is 5.12. The summed E-state index contributed by atoms with van der Waals surface area (Å²) in [4.78, 5) is 31.4. The van der Waals surface area contributed by atoms with Gasteiger partial charge in [-0.25, -0.2) is 4.99 Å².